The molecule has 34 heavy (non-hydrogen) atoms. The van der Waals surface area contributed by atoms with E-state index in [1.165, 1.54) is 121 Å². The standard InChI is InChI=1S/C33H54Si/c1-5-6-7-8-9-10-11-12-13-14-15-16-17-18-19-20-24-31-29(4)23-21-26-33(31)34-32-27-22-25-30(32)28(2)3/h21-23,25-26,28H,5-20,24,27H2,1-4H3. The highest BCUT2D eigenvalue weighted by Gasteiger charge is 2.16. The van der Waals surface area contributed by atoms with Gasteiger partial charge in [-0.2, -0.15) is 0 Å². The Balaban J connectivity index is 1.54. The molecular weight excluding hydrogens is 424 g/mol. The molecular formula is C33H54Si. The van der Waals surface area contributed by atoms with Crippen LogP contribution in [0.3, 0.4) is 0 Å². The van der Waals surface area contributed by atoms with Crippen LogP contribution in [0.25, 0.3) is 0 Å². The number of aryl methyl sites for hydroxylation is 1. The van der Waals surface area contributed by atoms with Crippen molar-refractivity contribution in [3.05, 3.63) is 52.2 Å². The van der Waals surface area contributed by atoms with Gasteiger partial charge in [0.05, 0.1) is 0 Å². The van der Waals surface area contributed by atoms with E-state index in [0.717, 1.165) is 9.52 Å². The van der Waals surface area contributed by atoms with Crippen LogP contribution in [0.4, 0.5) is 0 Å². The van der Waals surface area contributed by atoms with Crippen LogP contribution in [0, 0.1) is 12.8 Å². The number of unbranched alkanes of at least 4 members (excludes halogenated alkanes) is 15. The summed E-state index contributed by atoms with van der Waals surface area (Å²) in [7, 11) is 0.854. The van der Waals surface area contributed by atoms with Gasteiger partial charge in [-0.25, -0.2) is 0 Å². The Morgan fingerprint density at radius 1 is 0.735 bits per heavy atom. The van der Waals surface area contributed by atoms with Gasteiger partial charge in [-0.3, -0.25) is 0 Å². The third-order valence-electron chi connectivity index (χ3n) is 7.57. The van der Waals surface area contributed by atoms with Crippen LogP contribution in [0.15, 0.2) is 41.1 Å². The second-order valence-corrected chi connectivity index (χ2v) is 12.4. The van der Waals surface area contributed by atoms with Crippen molar-refractivity contribution < 1.29 is 0 Å². The van der Waals surface area contributed by atoms with E-state index in [1.807, 2.05) is 0 Å². The van der Waals surface area contributed by atoms with Gasteiger partial charge in [-0.05, 0) is 43.2 Å². The molecule has 1 aromatic rings. The molecule has 1 aliphatic rings. The van der Waals surface area contributed by atoms with Gasteiger partial charge in [0.25, 0.3) is 0 Å². The number of hydrogen-bond donors (Lipinski definition) is 0. The molecule has 2 radical (unpaired) electrons. The van der Waals surface area contributed by atoms with E-state index in [-0.39, 0.29) is 0 Å². The first-order valence-corrected chi connectivity index (χ1v) is 15.9. The monoisotopic (exact) mass is 478 g/mol. The summed E-state index contributed by atoms with van der Waals surface area (Å²) in [6, 6.07) is 6.99. The summed E-state index contributed by atoms with van der Waals surface area (Å²) < 4.78 is 0. The molecule has 0 fully saturated rings. The third-order valence-corrected chi connectivity index (χ3v) is 9.10. The van der Waals surface area contributed by atoms with Gasteiger partial charge < -0.3 is 0 Å². The lowest BCUT2D eigenvalue weighted by atomic mass is 10.0. The highest BCUT2D eigenvalue weighted by atomic mass is 28.2. The average Bonchev–Trinajstić information content (AvgIpc) is 3.29. The number of benzene rings is 1. The van der Waals surface area contributed by atoms with Gasteiger partial charge in [0.1, 0.15) is 9.52 Å². The molecule has 0 N–H and O–H groups in total. The van der Waals surface area contributed by atoms with E-state index in [0.29, 0.717) is 5.92 Å². The quantitative estimate of drug-likeness (QED) is 0.129. The van der Waals surface area contributed by atoms with Crippen molar-refractivity contribution in [1.29, 1.82) is 0 Å². The lowest BCUT2D eigenvalue weighted by Crippen LogP contribution is -2.23. The van der Waals surface area contributed by atoms with Crippen LogP contribution in [0.1, 0.15) is 141 Å². The molecule has 190 valence electrons. The molecule has 0 bridgehead atoms. The Labute approximate surface area is 215 Å². The van der Waals surface area contributed by atoms with Crippen LogP contribution >= 0.6 is 0 Å². The summed E-state index contributed by atoms with van der Waals surface area (Å²) in [5, 5.41) is 3.28. The largest absolute Gasteiger partial charge is 0.117 e. The molecule has 0 saturated carbocycles. The summed E-state index contributed by atoms with van der Waals surface area (Å²) in [6.07, 6.45) is 30.2. The smallest absolute Gasteiger partial charge is 0.0806 e. The Morgan fingerprint density at radius 3 is 1.79 bits per heavy atom. The van der Waals surface area contributed by atoms with Crippen LogP contribution in [0.2, 0.25) is 0 Å². The molecule has 0 atom stereocenters. The first-order valence-electron chi connectivity index (χ1n) is 14.9. The van der Waals surface area contributed by atoms with Crippen molar-refractivity contribution in [1.82, 2.24) is 0 Å². The highest BCUT2D eigenvalue weighted by Crippen LogP contribution is 2.25. The molecule has 0 aliphatic heterocycles. The fraction of sp³-hybridized carbons (Fsp3) is 0.697. The predicted molar refractivity (Wildman–Crippen MR) is 155 cm³/mol. The van der Waals surface area contributed by atoms with Crippen LogP contribution < -0.4 is 5.19 Å². The second kappa shape index (κ2) is 18.2. The van der Waals surface area contributed by atoms with E-state index in [4.69, 9.17) is 0 Å². The molecule has 1 aromatic carbocycles. The highest BCUT2D eigenvalue weighted by molar-refractivity contribution is 6.62. The first-order chi connectivity index (χ1) is 16.6. The number of rotatable bonds is 20. The second-order valence-electron chi connectivity index (χ2n) is 11.0. The fourth-order valence-electron chi connectivity index (χ4n) is 5.35. The van der Waals surface area contributed by atoms with Crippen molar-refractivity contribution >= 4 is 14.7 Å². The van der Waals surface area contributed by atoms with E-state index in [1.54, 1.807) is 21.5 Å². The molecule has 2 rings (SSSR count). The molecule has 1 heteroatoms. The summed E-state index contributed by atoms with van der Waals surface area (Å²) in [4.78, 5) is 0. The summed E-state index contributed by atoms with van der Waals surface area (Å²) in [6.45, 7) is 9.30. The van der Waals surface area contributed by atoms with Gasteiger partial charge in [0.2, 0.25) is 0 Å². The van der Waals surface area contributed by atoms with Crippen molar-refractivity contribution in [2.24, 2.45) is 5.92 Å². The zero-order valence-electron chi connectivity index (χ0n) is 23.2. The Bertz CT molecular complexity index is 724. The van der Waals surface area contributed by atoms with Gasteiger partial charge in [0.15, 0.2) is 0 Å². The van der Waals surface area contributed by atoms with Crippen LogP contribution in [-0.4, -0.2) is 9.52 Å². The van der Waals surface area contributed by atoms with Gasteiger partial charge >= 0.3 is 0 Å². The fourth-order valence-corrected chi connectivity index (χ4v) is 7.06. The van der Waals surface area contributed by atoms with E-state index < -0.39 is 0 Å². The van der Waals surface area contributed by atoms with Gasteiger partial charge in [0, 0.05) is 0 Å². The van der Waals surface area contributed by atoms with Crippen LogP contribution in [0.5, 0.6) is 0 Å². The minimum absolute atomic E-state index is 0.648. The third kappa shape index (κ3) is 11.6. The van der Waals surface area contributed by atoms with Crippen molar-refractivity contribution in [3.8, 4) is 0 Å². The lowest BCUT2D eigenvalue weighted by Gasteiger charge is -2.15. The molecule has 1 aliphatic carbocycles. The maximum Gasteiger partial charge on any atom is 0.117 e. The average molecular weight is 479 g/mol. The maximum absolute atomic E-state index is 2.40. The van der Waals surface area contributed by atoms with E-state index in [2.05, 4.69) is 58.0 Å². The summed E-state index contributed by atoms with van der Waals surface area (Å²) in [5.74, 6) is 0.648. The molecule has 0 unspecified atom stereocenters. The normalized spacial score (nSPS) is 13.6. The minimum atomic E-state index is 0.648. The SMILES string of the molecule is CCCCCCCCCCCCCCCCCCc1c(C)cccc1[Si]C1=C(C(C)C)C=CC1. The zero-order valence-corrected chi connectivity index (χ0v) is 24.2. The van der Waals surface area contributed by atoms with Crippen LogP contribution in [-0.2, 0) is 6.42 Å². The topological polar surface area (TPSA) is 0 Å². The number of allylic oxidation sites excluding steroid dienone is 4. The number of hydrogen-bond acceptors (Lipinski definition) is 0. The molecule has 0 aromatic heterocycles. The Hall–Kier alpha value is -1.08. The van der Waals surface area contributed by atoms with Gasteiger partial charge in [-0.1, -0.05) is 163 Å². The minimum Gasteiger partial charge on any atom is -0.0806 e. The van der Waals surface area contributed by atoms with Crippen molar-refractivity contribution in [2.75, 3.05) is 0 Å². The van der Waals surface area contributed by atoms with Crippen molar-refractivity contribution in [2.45, 2.75) is 143 Å². The zero-order chi connectivity index (χ0) is 24.4. The van der Waals surface area contributed by atoms with Crippen molar-refractivity contribution in [3.63, 3.8) is 0 Å². The Kier molecular flexibility index (Phi) is 15.6. The Morgan fingerprint density at radius 2 is 1.26 bits per heavy atom. The van der Waals surface area contributed by atoms with E-state index in [9.17, 15) is 0 Å². The maximum atomic E-state index is 2.40. The summed E-state index contributed by atoms with van der Waals surface area (Å²) in [5.41, 5.74) is 4.74. The lowest BCUT2D eigenvalue weighted by molar-refractivity contribution is 0.529. The molecule has 0 nitrogen and oxygen atoms in total. The van der Waals surface area contributed by atoms with Gasteiger partial charge in [-0.15, -0.1) is 0 Å². The molecule has 0 saturated heterocycles. The molecule has 0 heterocycles. The first kappa shape index (κ1) is 29.1. The molecule has 0 amide bonds. The molecule has 0 spiro atoms. The summed E-state index contributed by atoms with van der Waals surface area (Å²) >= 11 is 0. The predicted octanol–water partition coefficient (Wildman–Crippen LogP) is 10.00. The van der Waals surface area contributed by atoms with E-state index >= 15 is 0 Å².